The Morgan fingerprint density at radius 2 is 1.80 bits per heavy atom. The Labute approximate surface area is 234 Å². The first kappa shape index (κ1) is 28.2. The molecule has 7 nitrogen and oxygen atoms in total. The normalized spacial score (nSPS) is 18.8. The molecule has 1 fully saturated rings. The summed E-state index contributed by atoms with van der Waals surface area (Å²) in [6, 6.07) is 15.4. The fourth-order valence-electron chi connectivity index (χ4n) is 5.61. The second-order valence-corrected chi connectivity index (χ2v) is 10.3. The van der Waals surface area contributed by atoms with E-state index in [-0.39, 0.29) is 29.0 Å². The molecule has 0 bridgehead atoms. The lowest BCUT2D eigenvalue weighted by Crippen LogP contribution is -2.58. The molecule has 3 aromatic heterocycles. The number of hydrogen-bond acceptors (Lipinski definition) is 6. The number of aromatic nitrogens is 3. The van der Waals surface area contributed by atoms with Crippen molar-refractivity contribution < 1.29 is 17.6 Å². The van der Waals surface area contributed by atoms with Crippen molar-refractivity contribution >= 4 is 16.7 Å². The summed E-state index contributed by atoms with van der Waals surface area (Å²) in [4.78, 5) is 25.6. The number of alkyl halides is 3. The molecule has 0 aliphatic carbocycles. The van der Waals surface area contributed by atoms with Gasteiger partial charge in [0.2, 0.25) is 0 Å². The first-order valence-electron chi connectivity index (χ1n) is 13.2. The number of nitrogens with zero attached hydrogens (tertiary/aromatic N) is 6. The lowest BCUT2D eigenvalue weighted by Gasteiger charge is -2.49. The fraction of sp³-hybridized carbons (Fsp3) is 0.333. The van der Waals surface area contributed by atoms with Crippen LogP contribution in [-0.2, 0) is 13.2 Å². The van der Waals surface area contributed by atoms with E-state index in [0.717, 1.165) is 6.07 Å². The van der Waals surface area contributed by atoms with Crippen LogP contribution in [0.25, 0.3) is 11.0 Å². The van der Waals surface area contributed by atoms with Crippen LogP contribution in [-0.4, -0.2) is 44.6 Å². The van der Waals surface area contributed by atoms with Crippen LogP contribution in [0, 0.1) is 17.1 Å². The second-order valence-electron chi connectivity index (χ2n) is 10.3. The van der Waals surface area contributed by atoms with Gasteiger partial charge in [0, 0.05) is 38.3 Å². The van der Waals surface area contributed by atoms with E-state index in [0.29, 0.717) is 41.8 Å². The predicted molar refractivity (Wildman–Crippen MR) is 147 cm³/mol. The molecule has 41 heavy (non-hydrogen) atoms. The number of halogens is 4. The Balaban J connectivity index is 1.60. The van der Waals surface area contributed by atoms with Gasteiger partial charge in [0.05, 0.1) is 22.9 Å². The maximum atomic E-state index is 13.9. The highest BCUT2D eigenvalue weighted by Gasteiger charge is 2.39. The molecule has 1 aliphatic heterocycles. The number of rotatable bonds is 5. The van der Waals surface area contributed by atoms with Gasteiger partial charge in [-0.3, -0.25) is 9.69 Å². The zero-order valence-corrected chi connectivity index (χ0v) is 22.7. The number of piperazine rings is 1. The van der Waals surface area contributed by atoms with E-state index in [1.807, 2.05) is 13.8 Å². The average molecular weight is 565 g/mol. The molecule has 11 heteroatoms. The Kier molecular flexibility index (Phi) is 7.53. The molecule has 0 radical (unpaired) electrons. The van der Waals surface area contributed by atoms with Gasteiger partial charge in [-0.1, -0.05) is 25.1 Å². The van der Waals surface area contributed by atoms with Crippen molar-refractivity contribution in [3.63, 3.8) is 0 Å². The summed E-state index contributed by atoms with van der Waals surface area (Å²) in [5.41, 5.74) is 1.56. The Morgan fingerprint density at radius 3 is 2.46 bits per heavy atom. The summed E-state index contributed by atoms with van der Waals surface area (Å²) < 4.78 is 56.2. The van der Waals surface area contributed by atoms with E-state index in [1.165, 1.54) is 28.8 Å². The summed E-state index contributed by atoms with van der Waals surface area (Å²) >= 11 is 0. The summed E-state index contributed by atoms with van der Waals surface area (Å²) in [5.74, 6) is -0.448. The molecule has 5 rings (SSSR count). The minimum Gasteiger partial charge on any atom is -0.364 e. The van der Waals surface area contributed by atoms with Crippen LogP contribution < -0.4 is 10.5 Å². The quantitative estimate of drug-likeness (QED) is 0.301. The highest BCUT2D eigenvalue weighted by molar-refractivity contribution is 5.89. The Hall–Kier alpha value is -4.30. The third kappa shape index (κ3) is 5.39. The van der Waals surface area contributed by atoms with Gasteiger partial charge >= 0.3 is 6.18 Å². The van der Waals surface area contributed by atoms with Gasteiger partial charge in [-0.05, 0) is 55.3 Å². The monoisotopic (exact) mass is 564 g/mol. The van der Waals surface area contributed by atoms with Crippen molar-refractivity contribution in [3.8, 4) is 6.07 Å². The summed E-state index contributed by atoms with van der Waals surface area (Å²) in [6.45, 7) is 4.81. The highest BCUT2D eigenvalue weighted by Crippen LogP contribution is 2.37. The summed E-state index contributed by atoms with van der Waals surface area (Å²) in [5, 5.41) is 9.45. The van der Waals surface area contributed by atoms with Crippen LogP contribution in [0.5, 0.6) is 0 Å². The van der Waals surface area contributed by atoms with Crippen molar-refractivity contribution in [3.05, 3.63) is 99.5 Å². The first-order valence-corrected chi connectivity index (χ1v) is 13.2. The zero-order chi connectivity index (χ0) is 29.5. The highest BCUT2D eigenvalue weighted by atomic mass is 19.4. The molecular weight excluding hydrogens is 536 g/mol. The van der Waals surface area contributed by atoms with Gasteiger partial charge in [-0.15, -0.1) is 0 Å². The van der Waals surface area contributed by atoms with Crippen LogP contribution in [0.1, 0.15) is 49.0 Å². The third-order valence-electron chi connectivity index (χ3n) is 7.71. The van der Waals surface area contributed by atoms with Gasteiger partial charge in [-0.25, -0.2) is 14.4 Å². The maximum absolute atomic E-state index is 13.9. The number of hydrogen-bond donors (Lipinski definition) is 0. The molecule has 0 N–H and O–H groups in total. The molecule has 0 amide bonds. The minimum absolute atomic E-state index is 0.171. The molecule has 212 valence electrons. The molecule has 1 unspecified atom stereocenters. The van der Waals surface area contributed by atoms with Crippen LogP contribution in [0.2, 0.25) is 0 Å². The lowest BCUT2D eigenvalue weighted by molar-refractivity contribution is -0.141. The van der Waals surface area contributed by atoms with Gasteiger partial charge in [0.25, 0.3) is 5.56 Å². The number of pyridine rings is 3. The SMILES string of the molecule is CC[C@@H]1CN(c2cc(=O)n(C)c3ccc(C#N)nc23)[C@@H](C)CN1C(c1ccc(F)cc1)c1cccc(C(F)(F)F)n1. The first-order chi connectivity index (χ1) is 19.5. The zero-order valence-electron chi connectivity index (χ0n) is 22.7. The molecule has 0 saturated carbocycles. The second kappa shape index (κ2) is 10.9. The summed E-state index contributed by atoms with van der Waals surface area (Å²) in [6.07, 6.45) is -3.98. The van der Waals surface area contributed by atoms with E-state index in [4.69, 9.17) is 0 Å². The van der Waals surface area contributed by atoms with Crippen LogP contribution in [0.4, 0.5) is 23.2 Å². The van der Waals surface area contributed by atoms with Gasteiger partial charge in [-0.2, -0.15) is 18.4 Å². The topological polar surface area (TPSA) is 78.0 Å². The van der Waals surface area contributed by atoms with Gasteiger partial charge in [0.1, 0.15) is 28.8 Å². The largest absolute Gasteiger partial charge is 0.433 e. The predicted octanol–water partition coefficient (Wildman–Crippen LogP) is 5.44. The molecule has 4 aromatic rings. The molecule has 1 saturated heterocycles. The molecular formula is C30H28F4N6O. The van der Waals surface area contributed by atoms with E-state index in [2.05, 4.69) is 25.8 Å². The van der Waals surface area contributed by atoms with Crippen molar-refractivity contribution in [2.75, 3.05) is 18.0 Å². The molecule has 3 atom stereocenters. The molecule has 0 spiro atoms. The smallest absolute Gasteiger partial charge is 0.364 e. The maximum Gasteiger partial charge on any atom is 0.433 e. The fourth-order valence-corrected chi connectivity index (χ4v) is 5.61. The van der Waals surface area contributed by atoms with Crippen LogP contribution >= 0.6 is 0 Å². The lowest BCUT2D eigenvalue weighted by atomic mass is 9.94. The van der Waals surface area contributed by atoms with Gasteiger partial charge < -0.3 is 9.47 Å². The van der Waals surface area contributed by atoms with Crippen LogP contribution in [0.15, 0.2) is 65.5 Å². The number of aryl methyl sites for hydroxylation is 1. The van der Waals surface area contributed by atoms with E-state index >= 15 is 0 Å². The Bertz CT molecular complexity index is 1680. The van der Waals surface area contributed by atoms with Crippen molar-refractivity contribution in [1.82, 2.24) is 19.4 Å². The Morgan fingerprint density at radius 1 is 1.07 bits per heavy atom. The van der Waals surface area contributed by atoms with E-state index in [1.54, 1.807) is 37.4 Å². The minimum atomic E-state index is -4.62. The number of fused-ring (bicyclic) bond motifs is 1. The molecule has 1 aromatic carbocycles. The van der Waals surface area contributed by atoms with Crippen LogP contribution in [0.3, 0.4) is 0 Å². The number of anilines is 1. The summed E-state index contributed by atoms with van der Waals surface area (Å²) in [7, 11) is 1.65. The third-order valence-corrected chi connectivity index (χ3v) is 7.71. The standard InChI is InChI=1S/C30H28F4N6O/c1-4-22-17-39(25-14-27(41)38(3)24-13-12-21(15-35)36-28(24)25)18(2)16-40(22)29(19-8-10-20(31)11-9-19)23-6-5-7-26(37-23)30(32,33)34/h5-14,18,22,29H,4,16-17H2,1-3H3/t18-,22+,29?/m0/s1. The van der Waals surface area contributed by atoms with E-state index < -0.39 is 23.7 Å². The van der Waals surface area contributed by atoms with Crippen molar-refractivity contribution in [2.24, 2.45) is 7.05 Å². The molecule has 1 aliphatic rings. The average Bonchev–Trinajstić information content (AvgIpc) is 2.96. The number of nitriles is 1. The van der Waals surface area contributed by atoms with E-state index in [9.17, 15) is 27.6 Å². The molecule has 4 heterocycles. The van der Waals surface area contributed by atoms with Gasteiger partial charge in [0.15, 0.2) is 0 Å². The number of benzene rings is 1. The van der Waals surface area contributed by atoms with Crippen molar-refractivity contribution in [2.45, 2.75) is 44.6 Å². The van der Waals surface area contributed by atoms with Crippen molar-refractivity contribution in [1.29, 1.82) is 5.26 Å².